The molecule has 0 N–H and O–H groups in total. The minimum absolute atomic E-state index is 0.142. The molecule has 0 unspecified atom stereocenters. The van der Waals surface area contributed by atoms with Crippen molar-refractivity contribution in [2.24, 2.45) is 0 Å². The topological polar surface area (TPSA) is 42.9 Å². The van der Waals surface area contributed by atoms with Crippen LogP contribution in [0.2, 0.25) is 0 Å². The van der Waals surface area contributed by atoms with Crippen LogP contribution in [0.15, 0.2) is 48.7 Å². The van der Waals surface area contributed by atoms with Crippen molar-refractivity contribution < 1.29 is 9.18 Å². The predicted octanol–water partition coefficient (Wildman–Crippen LogP) is 3.64. The number of benzene rings is 1. The molecule has 0 aliphatic rings. The number of hydrogen-bond acceptors (Lipinski definition) is 3. The Bertz CT molecular complexity index is 800. The standard InChI is InChI=1S/C16H11FN2O/c1-10(20)16-13(15-4-2-3-7-18-15)9-11-8-12(17)5-6-14(11)19-16/h2-9H,1H3. The van der Waals surface area contributed by atoms with E-state index < -0.39 is 0 Å². The van der Waals surface area contributed by atoms with Gasteiger partial charge in [-0.15, -0.1) is 0 Å². The first-order chi connectivity index (χ1) is 9.65. The zero-order valence-electron chi connectivity index (χ0n) is 10.8. The SMILES string of the molecule is CC(=O)c1nc2ccc(F)cc2cc1-c1ccccn1. The maximum absolute atomic E-state index is 13.3. The molecule has 2 aromatic heterocycles. The van der Waals surface area contributed by atoms with Gasteiger partial charge in [0.15, 0.2) is 5.78 Å². The molecule has 3 aromatic rings. The lowest BCUT2D eigenvalue weighted by Gasteiger charge is -2.08. The van der Waals surface area contributed by atoms with E-state index in [-0.39, 0.29) is 11.6 Å². The Hall–Kier alpha value is -2.62. The smallest absolute Gasteiger partial charge is 0.178 e. The van der Waals surface area contributed by atoms with E-state index >= 15 is 0 Å². The number of carbonyl (C=O) groups excluding carboxylic acids is 1. The van der Waals surface area contributed by atoms with Crippen LogP contribution in [-0.4, -0.2) is 15.8 Å². The second kappa shape index (κ2) is 4.81. The number of nitrogens with zero attached hydrogens (tertiary/aromatic N) is 2. The molecular formula is C16H11FN2O. The van der Waals surface area contributed by atoms with Crippen molar-refractivity contribution >= 4 is 16.7 Å². The molecule has 0 bridgehead atoms. The Morgan fingerprint density at radius 3 is 2.70 bits per heavy atom. The van der Waals surface area contributed by atoms with Gasteiger partial charge in [0.2, 0.25) is 0 Å². The lowest BCUT2D eigenvalue weighted by molar-refractivity contribution is 0.101. The summed E-state index contributed by atoms with van der Waals surface area (Å²) >= 11 is 0. The molecular weight excluding hydrogens is 255 g/mol. The lowest BCUT2D eigenvalue weighted by atomic mass is 10.0. The van der Waals surface area contributed by atoms with Crippen LogP contribution in [0.3, 0.4) is 0 Å². The average Bonchev–Trinajstić information content (AvgIpc) is 2.46. The van der Waals surface area contributed by atoms with Gasteiger partial charge < -0.3 is 0 Å². The van der Waals surface area contributed by atoms with Gasteiger partial charge in [0.05, 0.1) is 11.2 Å². The van der Waals surface area contributed by atoms with E-state index in [0.29, 0.717) is 27.9 Å². The highest BCUT2D eigenvalue weighted by atomic mass is 19.1. The van der Waals surface area contributed by atoms with E-state index in [4.69, 9.17) is 0 Å². The van der Waals surface area contributed by atoms with E-state index in [1.165, 1.54) is 19.1 Å². The summed E-state index contributed by atoms with van der Waals surface area (Å²) in [5.74, 6) is -0.473. The van der Waals surface area contributed by atoms with Gasteiger partial charge in [0.1, 0.15) is 11.5 Å². The van der Waals surface area contributed by atoms with Crippen LogP contribution in [0.1, 0.15) is 17.4 Å². The maximum atomic E-state index is 13.3. The molecule has 0 spiro atoms. The summed E-state index contributed by atoms with van der Waals surface area (Å²) in [5.41, 5.74) is 2.21. The molecule has 0 atom stereocenters. The first-order valence-electron chi connectivity index (χ1n) is 6.18. The molecule has 0 saturated carbocycles. The number of rotatable bonds is 2. The zero-order chi connectivity index (χ0) is 14.1. The Balaban J connectivity index is 2.33. The van der Waals surface area contributed by atoms with Crippen molar-refractivity contribution in [1.82, 2.24) is 9.97 Å². The summed E-state index contributed by atoms with van der Waals surface area (Å²) in [4.78, 5) is 20.4. The Morgan fingerprint density at radius 1 is 1.15 bits per heavy atom. The molecule has 1 aromatic carbocycles. The molecule has 3 rings (SSSR count). The second-order valence-electron chi connectivity index (χ2n) is 4.49. The van der Waals surface area contributed by atoms with E-state index in [2.05, 4.69) is 9.97 Å². The number of hydrogen-bond donors (Lipinski definition) is 0. The van der Waals surface area contributed by atoms with Crippen LogP contribution in [0.5, 0.6) is 0 Å². The average molecular weight is 266 g/mol. The summed E-state index contributed by atoms with van der Waals surface area (Å²) < 4.78 is 13.3. The molecule has 0 aliphatic carbocycles. The number of carbonyl (C=O) groups is 1. The first kappa shape index (κ1) is 12.4. The van der Waals surface area contributed by atoms with Crippen LogP contribution in [0.4, 0.5) is 4.39 Å². The summed E-state index contributed by atoms with van der Waals surface area (Å²) in [6.45, 7) is 1.46. The van der Waals surface area contributed by atoms with E-state index in [1.807, 2.05) is 6.07 Å². The van der Waals surface area contributed by atoms with E-state index in [0.717, 1.165) is 0 Å². The first-order valence-corrected chi connectivity index (χ1v) is 6.18. The third-order valence-corrected chi connectivity index (χ3v) is 3.05. The third kappa shape index (κ3) is 2.16. The number of halogens is 1. The van der Waals surface area contributed by atoms with E-state index in [9.17, 15) is 9.18 Å². The maximum Gasteiger partial charge on any atom is 0.178 e. The Labute approximate surface area is 115 Å². The predicted molar refractivity (Wildman–Crippen MR) is 74.9 cm³/mol. The second-order valence-corrected chi connectivity index (χ2v) is 4.49. The number of pyridine rings is 2. The molecule has 2 heterocycles. The summed E-state index contributed by atoms with van der Waals surface area (Å²) in [5, 5.41) is 0.649. The molecule has 0 amide bonds. The summed E-state index contributed by atoms with van der Waals surface area (Å²) in [6.07, 6.45) is 1.65. The fourth-order valence-electron chi connectivity index (χ4n) is 2.13. The van der Waals surface area contributed by atoms with Crippen molar-refractivity contribution in [3.8, 4) is 11.3 Å². The van der Waals surface area contributed by atoms with Crippen molar-refractivity contribution in [3.63, 3.8) is 0 Å². The largest absolute Gasteiger partial charge is 0.293 e. The van der Waals surface area contributed by atoms with Crippen LogP contribution in [-0.2, 0) is 0 Å². The Kier molecular flexibility index (Phi) is 2.99. The van der Waals surface area contributed by atoms with Gasteiger partial charge in [-0.1, -0.05) is 6.07 Å². The molecule has 0 saturated heterocycles. The van der Waals surface area contributed by atoms with Crippen molar-refractivity contribution in [3.05, 3.63) is 60.2 Å². The van der Waals surface area contributed by atoms with E-state index in [1.54, 1.807) is 30.5 Å². The van der Waals surface area contributed by atoms with Crippen molar-refractivity contribution in [2.75, 3.05) is 0 Å². The van der Waals surface area contributed by atoms with Crippen molar-refractivity contribution in [2.45, 2.75) is 6.92 Å². The van der Waals surface area contributed by atoms with Gasteiger partial charge >= 0.3 is 0 Å². The number of ketones is 1. The monoisotopic (exact) mass is 266 g/mol. The summed E-state index contributed by atoms with van der Waals surface area (Å²) in [7, 11) is 0. The fraction of sp³-hybridized carbons (Fsp3) is 0.0625. The molecule has 4 heteroatoms. The number of fused-ring (bicyclic) bond motifs is 1. The van der Waals surface area contributed by atoms with Gasteiger partial charge in [-0.2, -0.15) is 0 Å². The Morgan fingerprint density at radius 2 is 2.00 bits per heavy atom. The van der Waals surface area contributed by atoms with Crippen LogP contribution < -0.4 is 0 Å². The number of Topliss-reactive ketones (excluding diaryl/α,β-unsaturated/α-hetero) is 1. The highest BCUT2D eigenvalue weighted by Crippen LogP contribution is 2.25. The van der Waals surface area contributed by atoms with Gasteiger partial charge in [0, 0.05) is 24.1 Å². The fourth-order valence-corrected chi connectivity index (χ4v) is 2.13. The van der Waals surface area contributed by atoms with Gasteiger partial charge in [0.25, 0.3) is 0 Å². The molecule has 0 fully saturated rings. The zero-order valence-corrected chi connectivity index (χ0v) is 10.8. The van der Waals surface area contributed by atoms with Crippen molar-refractivity contribution in [1.29, 1.82) is 0 Å². The minimum atomic E-state index is -0.332. The molecule has 0 aliphatic heterocycles. The summed E-state index contributed by atoms with van der Waals surface area (Å²) in [6, 6.07) is 11.5. The van der Waals surface area contributed by atoms with Gasteiger partial charge in [-0.25, -0.2) is 9.37 Å². The molecule has 98 valence electrons. The third-order valence-electron chi connectivity index (χ3n) is 3.05. The highest BCUT2D eigenvalue weighted by Gasteiger charge is 2.13. The molecule has 20 heavy (non-hydrogen) atoms. The quantitative estimate of drug-likeness (QED) is 0.665. The van der Waals surface area contributed by atoms with Crippen LogP contribution in [0.25, 0.3) is 22.2 Å². The number of aromatic nitrogens is 2. The highest BCUT2D eigenvalue weighted by molar-refractivity contribution is 6.01. The van der Waals surface area contributed by atoms with Crippen LogP contribution >= 0.6 is 0 Å². The van der Waals surface area contributed by atoms with Gasteiger partial charge in [-0.05, 0) is 36.4 Å². The minimum Gasteiger partial charge on any atom is -0.293 e. The molecule has 0 radical (unpaired) electrons. The van der Waals surface area contributed by atoms with Gasteiger partial charge in [-0.3, -0.25) is 9.78 Å². The normalized spacial score (nSPS) is 10.7. The molecule has 3 nitrogen and oxygen atoms in total. The van der Waals surface area contributed by atoms with Crippen LogP contribution in [0, 0.1) is 5.82 Å². The lowest BCUT2D eigenvalue weighted by Crippen LogP contribution is -2.02.